The third kappa shape index (κ3) is 2.46. The van der Waals surface area contributed by atoms with E-state index in [-0.39, 0.29) is 0 Å². The van der Waals surface area contributed by atoms with E-state index in [1.807, 2.05) is 0 Å². The highest BCUT2D eigenvalue weighted by molar-refractivity contribution is 5.52. The van der Waals surface area contributed by atoms with Gasteiger partial charge in [-0.3, -0.25) is 0 Å². The molecule has 0 aliphatic heterocycles. The van der Waals surface area contributed by atoms with Crippen LogP contribution in [-0.2, 0) is 0 Å². The lowest BCUT2D eigenvalue weighted by molar-refractivity contribution is 0.514. The standard InChI is InChI=1S/C13H17N/c14-13-8-6-12(7-9-13)10-11-4-2-1-3-5-11/h1-5,10,13H,6-9,14H2. The van der Waals surface area contributed by atoms with Gasteiger partial charge in [0.15, 0.2) is 0 Å². The van der Waals surface area contributed by atoms with Crippen molar-refractivity contribution in [2.24, 2.45) is 5.73 Å². The number of hydrogen-bond acceptors (Lipinski definition) is 1. The molecular weight excluding hydrogens is 170 g/mol. The van der Waals surface area contributed by atoms with E-state index in [0.29, 0.717) is 6.04 Å². The van der Waals surface area contributed by atoms with E-state index in [0.717, 1.165) is 12.8 Å². The van der Waals surface area contributed by atoms with Crippen molar-refractivity contribution < 1.29 is 0 Å². The van der Waals surface area contributed by atoms with Crippen LogP contribution < -0.4 is 5.73 Å². The Morgan fingerprint density at radius 1 is 1.07 bits per heavy atom. The maximum atomic E-state index is 5.86. The summed E-state index contributed by atoms with van der Waals surface area (Å²) in [6.45, 7) is 0. The van der Waals surface area contributed by atoms with Gasteiger partial charge >= 0.3 is 0 Å². The predicted molar refractivity (Wildman–Crippen MR) is 60.9 cm³/mol. The minimum atomic E-state index is 0.433. The fraction of sp³-hybridized carbons (Fsp3) is 0.385. The van der Waals surface area contributed by atoms with Crippen molar-refractivity contribution in [2.75, 3.05) is 0 Å². The highest BCUT2D eigenvalue weighted by Crippen LogP contribution is 2.24. The molecule has 0 amide bonds. The van der Waals surface area contributed by atoms with E-state index in [2.05, 4.69) is 36.4 Å². The molecule has 1 heteroatoms. The smallest absolute Gasteiger partial charge is 0.00449 e. The molecule has 0 bridgehead atoms. The van der Waals surface area contributed by atoms with Gasteiger partial charge in [-0.1, -0.05) is 42.0 Å². The van der Waals surface area contributed by atoms with Crippen LogP contribution >= 0.6 is 0 Å². The summed E-state index contributed by atoms with van der Waals surface area (Å²) in [5.74, 6) is 0. The van der Waals surface area contributed by atoms with Crippen molar-refractivity contribution in [3.8, 4) is 0 Å². The molecule has 1 aliphatic rings. The summed E-state index contributed by atoms with van der Waals surface area (Å²) in [6, 6.07) is 11.0. The van der Waals surface area contributed by atoms with Crippen LogP contribution in [0.2, 0.25) is 0 Å². The van der Waals surface area contributed by atoms with Gasteiger partial charge in [-0.25, -0.2) is 0 Å². The van der Waals surface area contributed by atoms with Gasteiger partial charge in [0.05, 0.1) is 0 Å². The van der Waals surface area contributed by atoms with Crippen molar-refractivity contribution >= 4 is 6.08 Å². The lowest BCUT2D eigenvalue weighted by Gasteiger charge is -2.20. The minimum Gasteiger partial charge on any atom is -0.328 e. The first-order valence-electron chi connectivity index (χ1n) is 5.34. The monoisotopic (exact) mass is 187 g/mol. The maximum absolute atomic E-state index is 5.86. The van der Waals surface area contributed by atoms with Crippen LogP contribution in [0.25, 0.3) is 6.08 Å². The summed E-state index contributed by atoms with van der Waals surface area (Å²) in [4.78, 5) is 0. The molecule has 1 aromatic carbocycles. The van der Waals surface area contributed by atoms with E-state index >= 15 is 0 Å². The Bertz CT molecular complexity index is 303. The molecule has 0 atom stereocenters. The fourth-order valence-corrected chi connectivity index (χ4v) is 1.94. The zero-order valence-corrected chi connectivity index (χ0v) is 8.45. The normalized spacial score (nSPS) is 22.1. The van der Waals surface area contributed by atoms with Crippen molar-refractivity contribution in [1.82, 2.24) is 0 Å². The first kappa shape index (κ1) is 9.47. The molecule has 0 aromatic heterocycles. The molecule has 1 fully saturated rings. The third-order valence-corrected chi connectivity index (χ3v) is 2.84. The van der Waals surface area contributed by atoms with Crippen LogP contribution in [0.15, 0.2) is 35.9 Å². The van der Waals surface area contributed by atoms with Crippen LogP contribution in [0.1, 0.15) is 31.2 Å². The van der Waals surface area contributed by atoms with Crippen LogP contribution in [-0.4, -0.2) is 6.04 Å². The topological polar surface area (TPSA) is 26.0 Å². The lowest BCUT2D eigenvalue weighted by atomic mass is 9.90. The summed E-state index contributed by atoms with van der Waals surface area (Å²) in [5, 5.41) is 0. The SMILES string of the molecule is NC1CCC(=Cc2ccccc2)CC1. The van der Waals surface area contributed by atoms with Gasteiger partial charge in [-0.15, -0.1) is 0 Å². The summed E-state index contributed by atoms with van der Waals surface area (Å²) in [5.41, 5.74) is 8.73. The van der Waals surface area contributed by atoms with E-state index < -0.39 is 0 Å². The zero-order valence-electron chi connectivity index (χ0n) is 8.45. The van der Waals surface area contributed by atoms with Crippen molar-refractivity contribution in [1.29, 1.82) is 0 Å². The quantitative estimate of drug-likeness (QED) is 0.718. The molecule has 2 rings (SSSR count). The van der Waals surface area contributed by atoms with Crippen molar-refractivity contribution in [2.45, 2.75) is 31.7 Å². The number of nitrogens with two attached hydrogens (primary N) is 1. The summed E-state index contributed by atoms with van der Waals surface area (Å²) in [6.07, 6.45) is 6.97. The van der Waals surface area contributed by atoms with E-state index in [1.165, 1.54) is 18.4 Å². The molecule has 0 saturated heterocycles. The molecule has 0 unspecified atom stereocenters. The lowest BCUT2D eigenvalue weighted by Crippen LogP contribution is -2.23. The second-order valence-electron chi connectivity index (χ2n) is 4.05. The molecule has 1 aliphatic carbocycles. The van der Waals surface area contributed by atoms with Gasteiger partial charge in [-0.05, 0) is 31.2 Å². The van der Waals surface area contributed by atoms with Gasteiger partial charge < -0.3 is 5.73 Å². The van der Waals surface area contributed by atoms with E-state index in [9.17, 15) is 0 Å². The van der Waals surface area contributed by atoms with E-state index in [4.69, 9.17) is 5.73 Å². The molecule has 1 saturated carbocycles. The highest BCUT2D eigenvalue weighted by Gasteiger charge is 2.11. The van der Waals surface area contributed by atoms with Crippen LogP contribution in [0.3, 0.4) is 0 Å². The van der Waals surface area contributed by atoms with Gasteiger partial charge in [0, 0.05) is 6.04 Å². The Morgan fingerprint density at radius 3 is 2.36 bits per heavy atom. The summed E-state index contributed by atoms with van der Waals surface area (Å²) < 4.78 is 0. The number of allylic oxidation sites excluding steroid dienone is 1. The molecule has 14 heavy (non-hydrogen) atoms. The third-order valence-electron chi connectivity index (χ3n) is 2.84. The van der Waals surface area contributed by atoms with Crippen molar-refractivity contribution in [3.05, 3.63) is 41.5 Å². The van der Waals surface area contributed by atoms with Gasteiger partial charge in [0.2, 0.25) is 0 Å². The molecule has 1 nitrogen and oxygen atoms in total. The largest absolute Gasteiger partial charge is 0.328 e. The maximum Gasteiger partial charge on any atom is 0.00449 e. The van der Waals surface area contributed by atoms with Gasteiger partial charge in [0.25, 0.3) is 0 Å². The highest BCUT2D eigenvalue weighted by atomic mass is 14.6. The van der Waals surface area contributed by atoms with Crippen LogP contribution in [0.5, 0.6) is 0 Å². The number of benzene rings is 1. The number of rotatable bonds is 1. The van der Waals surface area contributed by atoms with E-state index in [1.54, 1.807) is 5.57 Å². The second kappa shape index (κ2) is 4.43. The first-order chi connectivity index (χ1) is 6.84. The summed E-state index contributed by atoms with van der Waals surface area (Å²) in [7, 11) is 0. The van der Waals surface area contributed by atoms with Crippen LogP contribution in [0.4, 0.5) is 0 Å². The molecule has 1 aromatic rings. The number of hydrogen-bond donors (Lipinski definition) is 1. The molecule has 2 N–H and O–H groups in total. The Kier molecular flexibility index (Phi) is 3.00. The molecule has 0 heterocycles. The average molecular weight is 187 g/mol. The predicted octanol–water partition coefficient (Wildman–Crippen LogP) is 2.97. The second-order valence-corrected chi connectivity index (χ2v) is 4.05. The Labute approximate surface area is 85.6 Å². The average Bonchev–Trinajstić information content (AvgIpc) is 2.23. The fourth-order valence-electron chi connectivity index (χ4n) is 1.94. The van der Waals surface area contributed by atoms with Crippen molar-refractivity contribution in [3.63, 3.8) is 0 Å². The Hall–Kier alpha value is -1.08. The minimum absolute atomic E-state index is 0.433. The Balaban J connectivity index is 2.05. The Morgan fingerprint density at radius 2 is 1.71 bits per heavy atom. The molecule has 0 radical (unpaired) electrons. The van der Waals surface area contributed by atoms with Crippen LogP contribution in [0, 0.1) is 0 Å². The molecule has 0 spiro atoms. The first-order valence-corrected chi connectivity index (χ1v) is 5.34. The zero-order chi connectivity index (χ0) is 9.80. The van der Waals surface area contributed by atoms with Gasteiger partial charge in [-0.2, -0.15) is 0 Å². The molecular formula is C13H17N. The summed E-state index contributed by atoms with van der Waals surface area (Å²) >= 11 is 0. The van der Waals surface area contributed by atoms with Gasteiger partial charge in [0.1, 0.15) is 0 Å². The molecule has 74 valence electrons.